The lowest BCUT2D eigenvalue weighted by Gasteiger charge is -2.00. The van der Waals surface area contributed by atoms with Crippen LogP contribution in [0.2, 0.25) is 0 Å². The Labute approximate surface area is 78.3 Å². The summed E-state index contributed by atoms with van der Waals surface area (Å²) >= 11 is 0. The van der Waals surface area contributed by atoms with E-state index in [9.17, 15) is 8.42 Å². The van der Waals surface area contributed by atoms with Crippen molar-refractivity contribution in [2.24, 2.45) is 0 Å². The molecule has 4 nitrogen and oxygen atoms in total. The van der Waals surface area contributed by atoms with Crippen molar-refractivity contribution in [3.63, 3.8) is 0 Å². The molecule has 2 N–H and O–H groups in total. The van der Waals surface area contributed by atoms with Crippen molar-refractivity contribution < 1.29 is 13.0 Å². The molecule has 0 saturated heterocycles. The van der Waals surface area contributed by atoms with Crippen molar-refractivity contribution in [1.82, 2.24) is 0 Å². The first-order chi connectivity index (χ1) is 5.54. The minimum Gasteiger partial charge on any atom is -0.388 e. The Bertz CT molecular complexity index is 373. The zero-order chi connectivity index (χ0) is 9.19. The Hall–Kier alpha value is -1.07. The van der Waals surface area contributed by atoms with Crippen molar-refractivity contribution in [3.05, 3.63) is 24.3 Å². The molecule has 0 saturated carbocycles. The van der Waals surface area contributed by atoms with Gasteiger partial charge in [0.25, 0.3) is 10.1 Å². The standard InChI is InChI=1S/C7H9NO3S.CH4/c1-8-6-3-2-4-7(5-6)12(9,10)11;/h2-5,8H,1H3,(H,9,10,11);1H4. The lowest BCUT2D eigenvalue weighted by atomic mass is 10.3. The molecular weight excluding hydrogens is 190 g/mol. The van der Waals surface area contributed by atoms with Crippen LogP contribution in [0.3, 0.4) is 0 Å². The normalized spacial score (nSPS) is 10.3. The topological polar surface area (TPSA) is 66.4 Å². The monoisotopic (exact) mass is 203 g/mol. The van der Waals surface area contributed by atoms with Crippen LogP contribution in [0, 0.1) is 0 Å². The Morgan fingerprint density at radius 1 is 1.38 bits per heavy atom. The van der Waals surface area contributed by atoms with Crippen molar-refractivity contribution in [3.8, 4) is 0 Å². The molecule has 1 rings (SSSR count). The molecule has 0 spiro atoms. The van der Waals surface area contributed by atoms with E-state index in [1.807, 2.05) is 0 Å². The smallest absolute Gasteiger partial charge is 0.294 e. The van der Waals surface area contributed by atoms with Gasteiger partial charge in [-0.2, -0.15) is 8.42 Å². The van der Waals surface area contributed by atoms with E-state index in [1.54, 1.807) is 19.2 Å². The second kappa shape index (κ2) is 4.25. The average molecular weight is 203 g/mol. The number of nitrogens with one attached hydrogen (secondary N) is 1. The Morgan fingerprint density at radius 2 is 2.00 bits per heavy atom. The van der Waals surface area contributed by atoms with Gasteiger partial charge >= 0.3 is 0 Å². The van der Waals surface area contributed by atoms with E-state index in [2.05, 4.69) is 5.32 Å². The Balaban J connectivity index is 0.00000144. The molecule has 0 aliphatic carbocycles. The lowest BCUT2D eigenvalue weighted by Crippen LogP contribution is -1.98. The highest BCUT2D eigenvalue weighted by molar-refractivity contribution is 7.85. The molecule has 0 unspecified atom stereocenters. The van der Waals surface area contributed by atoms with E-state index in [-0.39, 0.29) is 12.3 Å². The summed E-state index contributed by atoms with van der Waals surface area (Å²) in [4.78, 5) is -0.102. The van der Waals surface area contributed by atoms with E-state index < -0.39 is 10.1 Å². The summed E-state index contributed by atoms with van der Waals surface area (Å²) in [6.07, 6.45) is 0. The molecule has 0 aliphatic heterocycles. The maximum atomic E-state index is 10.6. The zero-order valence-electron chi connectivity index (χ0n) is 6.48. The fourth-order valence-electron chi connectivity index (χ4n) is 0.812. The van der Waals surface area contributed by atoms with E-state index in [0.29, 0.717) is 5.69 Å². The number of anilines is 1. The molecule has 5 heteroatoms. The Morgan fingerprint density at radius 3 is 2.46 bits per heavy atom. The van der Waals surface area contributed by atoms with Crippen molar-refractivity contribution in [1.29, 1.82) is 0 Å². The second-order valence-electron chi connectivity index (χ2n) is 2.25. The SMILES string of the molecule is C.CNc1cccc(S(=O)(=O)O)c1. The zero-order valence-corrected chi connectivity index (χ0v) is 7.30. The van der Waals surface area contributed by atoms with Gasteiger partial charge in [0.15, 0.2) is 0 Å². The summed E-state index contributed by atoms with van der Waals surface area (Å²) in [6.45, 7) is 0. The first-order valence-electron chi connectivity index (χ1n) is 3.29. The molecule has 0 radical (unpaired) electrons. The van der Waals surface area contributed by atoms with Crippen LogP contribution in [-0.2, 0) is 10.1 Å². The van der Waals surface area contributed by atoms with Crippen LogP contribution < -0.4 is 5.32 Å². The highest BCUT2D eigenvalue weighted by Gasteiger charge is 2.08. The quantitative estimate of drug-likeness (QED) is 0.717. The second-order valence-corrected chi connectivity index (χ2v) is 3.67. The third-order valence-electron chi connectivity index (χ3n) is 1.42. The van der Waals surface area contributed by atoms with Gasteiger partial charge in [0.1, 0.15) is 0 Å². The fraction of sp³-hybridized carbons (Fsp3) is 0.250. The molecule has 0 bridgehead atoms. The maximum Gasteiger partial charge on any atom is 0.294 e. The highest BCUT2D eigenvalue weighted by Crippen LogP contribution is 2.13. The molecule has 0 heterocycles. The van der Waals surface area contributed by atoms with Crippen LogP contribution >= 0.6 is 0 Å². The molecule has 0 aliphatic rings. The van der Waals surface area contributed by atoms with Gasteiger partial charge in [-0.1, -0.05) is 13.5 Å². The van der Waals surface area contributed by atoms with Gasteiger partial charge in [0.05, 0.1) is 4.90 Å². The average Bonchev–Trinajstić information content (AvgIpc) is 2.03. The third-order valence-corrected chi connectivity index (χ3v) is 2.27. The number of rotatable bonds is 2. The maximum absolute atomic E-state index is 10.6. The van der Waals surface area contributed by atoms with Crippen molar-refractivity contribution in [2.75, 3.05) is 12.4 Å². The van der Waals surface area contributed by atoms with Crippen LogP contribution in [0.1, 0.15) is 7.43 Å². The molecule has 0 fully saturated rings. The molecule has 1 aromatic rings. The van der Waals surface area contributed by atoms with Gasteiger partial charge in [0.2, 0.25) is 0 Å². The van der Waals surface area contributed by atoms with Gasteiger partial charge in [0, 0.05) is 12.7 Å². The predicted octanol–water partition coefficient (Wildman–Crippen LogP) is 1.61. The number of benzene rings is 1. The summed E-state index contributed by atoms with van der Waals surface area (Å²) in [7, 11) is -2.41. The van der Waals surface area contributed by atoms with E-state index in [1.165, 1.54) is 12.1 Å². The van der Waals surface area contributed by atoms with Crippen LogP contribution in [0.5, 0.6) is 0 Å². The summed E-state index contributed by atoms with van der Waals surface area (Å²) in [5, 5.41) is 2.76. The van der Waals surface area contributed by atoms with Gasteiger partial charge in [-0.25, -0.2) is 0 Å². The van der Waals surface area contributed by atoms with Crippen LogP contribution in [-0.4, -0.2) is 20.0 Å². The van der Waals surface area contributed by atoms with Crippen LogP contribution in [0.25, 0.3) is 0 Å². The van der Waals surface area contributed by atoms with Crippen molar-refractivity contribution in [2.45, 2.75) is 12.3 Å². The van der Waals surface area contributed by atoms with Crippen LogP contribution in [0.15, 0.2) is 29.2 Å². The summed E-state index contributed by atoms with van der Waals surface area (Å²) in [5.74, 6) is 0. The first-order valence-corrected chi connectivity index (χ1v) is 4.73. The molecule has 0 aromatic heterocycles. The minimum absolute atomic E-state index is 0. The molecular formula is C8H13NO3S. The van der Waals surface area contributed by atoms with Gasteiger partial charge < -0.3 is 5.32 Å². The first kappa shape index (κ1) is 11.9. The van der Waals surface area contributed by atoms with Gasteiger partial charge in [-0.15, -0.1) is 0 Å². The fourth-order valence-corrected chi connectivity index (χ4v) is 1.34. The molecule has 0 atom stereocenters. The molecule has 74 valence electrons. The third kappa shape index (κ3) is 3.04. The summed E-state index contributed by atoms with van der Waals surface area (Å²) in [5.41, 5.74) is 0.644. The highest BCUT2D eigenvalue weighted by atomic mass is 32.2. The molecule has 0 amide bonds. The number of hydrogen-bond acceptors (Lipinski definition) is 3. The molecule has 1 aromatic carbocycles. The lowest BCUT2D eigenvalue weighted by molar-refractivity contribution is 0.483. The number of hydrogen-bond donors (Lipinski definition) is 2. The summed E-state index contributed by atoms with van der Waals surface area (Å²) in [6, 6.07) is 5.94. The van der Waals surface area contributed by atoms with Crippen LogP contribution in [0.4, 0.5) is 5.69 Å². The van der Waals surface area contributed by atoms with Gasteiger partial charge in [-0.3, -0.25) is 4.55 Å². The van der Waals surface area contributed by atoms with Gasteiger partial charge in [-0.05, 0) is 18.2 Å². The van der Waals surface area contributed by atoms with E-state index >= 15 is 0 Å². The van der Waals surface area contributed by atoms with E-state index in [0.717, 1.165) is 0 Å². The van der Waals surface area contributed by atoms with E-state index in [4.69, 9.17) is 4.55 Å². The Kier molecular flexibility index (Phi) is 3.90. The largest absolute Gasteiger partial charge is 0.388 e. The minimum atomic E-state index is -4.08. The molecule has 13 heavy (non-hydrogen) atoms. The summed E-state index contributed by atoms with van der Waals surface area (Å²) < 4.78 is 29.9. The van der Waals surface area contributed by atoms with Crippen molar-refractivity contribution >= 4 is 15.8 Å². The predicted molar refractivity (Wildman–Crippen MR) is 52.5 cm³/mol.